The van der Waals surface area contributed by atoms with Gasteiger partial charge in [-0.15, -0.1) is 0 Å². The number of para-hydroxylation sites is 1. The molecule has 7 heteroatoms. The molecule has 0 N–H and O–H groups in total. The summed E-state index contributed by atoms with van der Waals surface area (Å²) >= 11 is 0. The van der Waals surface area contributed by atoms with Gasteiger partial charge in [0, 0.05) is 11.6 Å². The van der Waals surface area contributed by atoms with E-state index in [-0.39, 0.29) is 5.82 Å². The van der Waals surface area contributed by atoms with E-state index in [1.165, 1.54) is 26.4 Å². The van der Waals surface area contributed by atoms with E-state index in [1.807, 2.05) is 29.2 Å². The second kappa shape index (κ2) is 6.51. The number of hydrogen-bond acceptors (Lipinski definition) is 6. The van der Waals surface area contributed by atoms with Crippen LogP contribution in [0.25, 0.3) is 0 Å². The maximum absolute atomic E-state index is 13.8. The number of hydrogen-bond donors (Lipinski definition) is 0. The van der Waals surface area contributed by atoms with Crippen LogP contribution in [0.4, 0.5) is 16.0 Å². The number of anilines is 2. The Kier molecular flexibility index (Phi) is 4.04. The normalized spacial score (nSPS) is 12.5. The Morgan fingerprint density at radius 1 is 0.962 bits per heavy atom. The molecule has 0 fully saturated rings. The highest BCUT2D eigenvalue weighted by atomic mass is 19.1. The van der Waals surface area contributed by atoms with Crippen LogP contribution in [-0.4, -0.2) is 24.2 Å². The molecule has 0 bridgehead atoms. The minimum atomic E-state index is -0.382. The Morgan fingerprint density at radius 2 is 1.69 bits per heavy atom. The molecule has 0 radical (unpaired) electrons. The topological polar surface area (TPSA) is 56.7 Å². The average Bonchev–Trinajstić information content (AvgIpc) is 2.83. The van der Waals surface area contributed by atoms with Crippen LogP contribution in [0.5, 0.6) is 23.3 Å². The molecule has 2 aromatic carbocycles. The fourth-order valence-corrected chi connectivity index (χ4v) is 2.80. The van der Waals surface area contributed by atoms with Crippen molar-refractivity contribution in [2.75, 3.05) is 19.1 Å². The second-order valence-corrected chi connectivity index (χ2v) is 5.66. The number of rotatable bonds is 3. The summed E-state index contributed by atoms with van der Waals surface area (Å²) in [7, 11) is 3.05. The molecule has 2 heterocycles. The maximum atomic E-state index is 13.8. The molecule has 0 atom stereocenters. The van der Waals surface area contributed by atoms with Gasteiger partial charge in [0.1, 0.15) is 11.6 Å². The molecule has 132 valence electrons. The molecule has 0 saturated heterocycles. The van der Waals surface area contributed by atoms with Crippen LogP contribution >= 0.6 is 0 Å². The van der Waals surface area contributed by atoms with Gasteiger partial charge in [0.2, 0.25) is 17.7 Å². The average molecular weight is 353 g/mol. The summed E-state index contributed by atoms with van der Waals surface area (Å²) in [5.74, 6) is 1.78. The highest BCUT2D eigenvalue weighted by Gasteiger charge is 2.25. The summed E-state index contributed by atoms with van der Waals surface area (Å²) < 4.78 is 30.2. The SMILES string of the molecule is COc1cc(OC)nc(N2Cc3ccccc3Oc3cc(F)ccc32)n1. The fourth-order valence-electron chi connectivity index (χ4n) is 2.80. The minimum absolute atomic E-state index is 0.369. The highest BCUT2D eigenvalue weighted by molar-refractivity contribution is 5.69. The lowest BCUT2D eigenvalue weighted by Crippen LogP contribution is -2.19. The summed E-state index contributed by atoms with van der Waals surface area (Å²) in [6, 6.07) is 13.6. The van der Waals surface area contributed by atoms with Crippen molar-refractivity contribution in [1.82, 2.24) is 9.97 Å². The predicted molar refractivity (Wildman–Crippen MR) is 93.9 cm³/mol. The van der Waals surface area contributed by atoms with E-state index in [4.69, 9.17) is 14.2 Å². The lowest BCUT2D eigenvalue weighted by Gasteiger charge is -2.22. The van der Waals surface area contributed by atoms with Gasteiger partial charge in [-0.3, -0.25) is 0 Å². The van der Waals surface area contributed by atoms with E-state index < -0.39 is 0 Å². The maximum Gasteiger partial charge on any atom is 0.236 e. The quantitative estimate of drug-likeness (QED) is 0.707. The molecule has 0 saturated carbocycles. The van der Waals surface area contributed by atoms with Gasteiger partial charge in [-0.2, -0.15) is 9.97 Å². The third-order valence-electron chi connectivity index (χ3n) is 4.06. The standard InChI is InChI=1S/C19H16FN3O3/c1-24-17-10-18(25-2)22-19(21-17)23-11-12-5-3-4-6-15(12)26-16-9-13(20)7-8-14(16)23/h3-10H,11H2,1-2H3. The predicted octanol–water partition coefficient (Wildman–Crippen LogP) is 4.08. The van der Waals surface area contributed by atoms with Gasteiger partial charge in [0.05, 0.1) is 32.5 Å². The molecular formula is C19H16FN3O3. The Hall–Kier alpha value is -3.35. The van der Waals surface area contributed by atoms with Crippen molar-refractivity contribution in [3.05, 3.63) is 59.9 Å². The van der Waals surface area contributed by atoms with Crippen LogP contribution in [0.3, 0.4) is 0 Å². The Labute approximate surface area is 149 Å². The van der Waals surface area contributed by atoms with Gasteiger partial charge in [-0.1, -0.05) is 18.2 Å². The molecule has 1 aliphatic heterocycles. The van der Waals surface area contributed by atoms with Crippen molar-refractivity contribution >= 4 is 11.6 Å². The van der Waals surface area contributed by atoms with Crippen LogP contribution in [0.2, 0.25) is 0 Å². The zero-order valence-corrected chi connectivity index (χ0v) is 14.3. The van der Waals surface area contributed by atoms with Gasteiger partial charge >= 0.3 is 0 Å². The molecule has 0 amide bonds. The number of aromatic nitrogens is 2. The first-order valence-corrected chi connectivity index (χ1v) is 7.98. The third kappa shape index (κ3) is 2.88. The largest absolute Gasteiger partial charge is 0.481 e. The molecule has 1 aromatic heterocycles. The number of nitrogens with zero attached hydrogens (tertiary/aromatic N) is 3. The van der Waals surface area contributed by atoms with Gasteiger partial charge in [-0.05, 0) is 18.2 Å². The van der Waals surface area contributed by atoms with Crippen molar-refractivity contribution in [2.45, 2.75) is 6.54 Å². The molecule has 0 spiro atoms. The van der Waals surface area contributed by atoms with Crippen LogP contribution in [-0.2, 0) is 6.54 Å². The van der Waals surface area contributed by atoms with E-state index in [0.717, 1.165) is 5.56 Å². The van der Waals surface area contributed by atoms with E-state index in [0.29, 0.717) is 41.4 Å². The number of benzene rings is 2. The molecule has 1 aliphatic rings. The Bertz CT molecular complexity index is 942. The molecule has 26 heavy (non-hydrogen) atoms. The second-order valence-electron chi connectivity index (χ2n) is 5.66. The molecular weight excluding hydrogens is 337 g/mol. The third-order valence-corrected chi connectivity index (χ3v) is 4.06. The summed E-state index contributed by atoms with van der Waals surface area (Å²) in [5, 5.41) is 0. The first-order chi connectivity index (χ1) is 12.7. The molecule has 6 nitrogen and oxygen atoms in total. The Balaban J connectivity index is 1.90. The van der Waals surface area contributed by atoms with E-state index in [2.05, 4.69) is 9.97 Å². The van der Waals surface area contributed by atoms with E-state index in [9.17, 15) is 4.39 Å². The Morgan fingerprint density at radius 3 is 2.42 bits per heavy atom. The van der Waals surface area contributed by atoms with Crippen molar-refractivity contribution in [3.63, 3.8) is 0 Å². The van der Waals surface area contributed by atoms with Gasteiger partial charge < -0.3 is 19.1 Å². The van der Waals surface area contributed by atoms with Crippen molar-refractivity contribution in [1.29, 1.82) is 0 Å². The van der Waals surface area contributed by atoms with Crippen molar-refractivity contribution < 1.29 is 18.6 Å². The summed E-state index contributed by atoms with van der Waals surface area (Å²) in [6.07, 6.45) is 0. The van der Waals surface area contributed by atoms with Crippen LogP contribution in [0.1, 0.15) is 5.56 Å². The van der Waals surface area contributed by atoms with Gasteiger partial charge in [-0.25, -0.2) is 4.39 Å². The fraction of sp³-hybridized carbons (Fsp3) is 0.158. The van der Waals surface area contributed by atoms with Gasteiger partial charge in [0.15, 0.2) is 5.75 Å². The molecule has 0 unspecified atom stereocenters. The zero-order valence-electron chi connectivity index (χ0n) is 14.3. The van der Waals surface area contributed by atoms with Crippen molar-refractivity contribution in [2.24, 2.45) is 0 Å². The summed E-state index contributed by atoms with van der Waals surface area (Å²) in [5.41, 5.74) is 1.58. The van der Waals surface area contributed by atoms with E-state index >= 15 is 0 Å². The summed E-state index contributed by atoms with van der Waals surface area (Å²) in [6.45, 7) is 0.450. The van der Waals surface area contributed by atoms with E-state index in [1.54, 1.807) is 12.1 Å². The van der Waals surface area contributed by atoms with Crippen molar-refractivity contribution in [3.8, 4) is 23.3 Å². The van der Waals surface area contributed by atoms with Gasteiger partial charge in [0.25, 0.3) is 0 Å². The molecule has 4 rings (SSSR count). The summed E-state index contributed by atoms with van der Waals surface area (Å²) in [4.78, 5) is 10.7. The minimum Gasteiger partial charge on any atom is -0.481 e. The first-order valence-electron chi connectivity index (χ1n) is 7.98. The molecule has 3 aromatic rings. The number of fused-ring (bicyclic) bond motifs is 2. The zero-order chi connectivity index (χ0) is 18.1. The molecule has 0 aliphatic carbocycles. The number of ether oxygens (including phenoxy) is 3. The lowest BCUT2D eigenvalue weighted by molar-refractivity contribution is 0.372. The van der Waals surface area contributed by atoms with Crippen LogP contribution in [0.15, 0.2) is 48.5 Å². The number of halogens is 1. The first kappa shape index (κ1) is 16.1. The number of methoxy groups -OCH3 is 2. The smallest absolute Gasteiger partial charge is 0.236 e. The monoisotopic (exact) mass is 353 g/mol. The van der Waals surface area contributed by atoms with Crippen LogP contribution in [0, 0.1) is 5.82 Å². The highest BCUT2D eigenvalue weighted by Crippen LogP contribution is 2.42. The lowest BCUT2D eigenvalue weighted by atomic mass is 10.2. The van der Waals surface area contributed by atoms with Crippen LogP contribution < -0.4 is 19.1 Å².